The molecule has 2 heteroatoms. The highest BCUT2D eigenvalue weighted by atomic mass is 79.9. The average molecular weight is 494 g/mol. The first-order valence-corrected chi connectivity index (χ1v) is 12.7. The van der Waals surface area contributed by atoms with Gasteiger partial charge in [-0.1, -0.05) is 54.6 Å². The number of hydrogen-bond acceptors (Lipinski definition) is 1. The van der Waals surface area contributed by atoms with Crippen LogP contribution in [0.4, 0.5) is 11.4 Å². The Labute approximate surface area is 204 Å². The number of para-hydroxylation sites is 1. The third-order valence-electron chi connectivity index (χ3n) is 7.76. The van der Waals surface area contributed by atoms with Crippen molar-refractivity contribution in [3.63, 3.8) is 0 Å². The van der Waals surface area contributed by atoms with Crippen LogP contribution in [0.2, 0.25) is 0 Å². The molecule has 0 amide bonds. The van der Waals surface area contributed by atoms with Crippen LogP contribution in [0.3, 0.4) is 0 Å². The Hall–Kier alpha value is -2.84. The molecule has 0 fully saturated rings. The molecule has 2 unspecified atom stereocenters. The molecule has 0 saturated heterocycles. The van der Waals surface area contributed by atoms with Crippen LogP contribution in [0, 0.1) is 0 Å². The summed E-state index contributed by atoms with van der Waals surface area (Å²) in [5, 5.41) is 2.76. The van der Waals surface area contributed by atoms with Gasteiger partial charge in [-0.2, -0.15) is 0 Å². The number of allylic oxidation sites excluding steroid dienone is 2. The minimum Gasteiger partial charge on any atom is -0.334 e. The summed E-state index contributed by atoms with van der Waals surface area (Å²) >= 11 is 4.03. The van der Waals surface area contributed by atoms with Crippen LogP contribution < -0.4 is 15.3 Å². The second kappa shape index (κ2) is 7.88. The molecule has 0 N–H and O–H groups in total. The van der Waals surface area contributed by atoms with Crippen LogP contribution in [-0.2, 0) is 0 Å². The standard InChI is InChI=1S/C31H28BrN/c1-19-17-28-27(25(19)16-15-23-14-13-22-9-7-8-12-26(22)23)18-29-30(31(28)32)20(2)21(3)33(29)24-10-5-4-6-11-24/h4-14,17-18,21,23H,15-16H2,1-3H3. The highest BCUT2D eigenvalue weighted by Gasteiger charge is 2.30. The van der Waals surface area contributed by atoms with Crippen molar-refractivity contribution in [3.8, 4) is 0 Å². The Bertz CT molecular complexity index is 1460. The number of rotatable bonds is 4. The van der Waals surface area contributed by atoms with Gasteiger partial charge in [-0.3, -0.25) is 0 Å². The van der Waals surface area contributed by atoms with E-state index in [9.17, 15) is 0 Å². The molecule has 1 nitrogen and oxygen atoms in total. The first-order chi connectivity index (χ1) is 16.0. The molecule has 2 aliphatic carbocycles. The zero-order chi connectivity index (χ0) is 22.7. The Balaban J connectivity index is 1.44. The van der Waals surface area contributed by atoms with E-state index < -0.39 is 0 Å². The Morgan fingerprint density at radius 1 is 0.970 bits per heavy atom. The van der Waals surface area contributed by atoms with E-state index in [1.807, 2.05) is 0 Å². The molecule has 3 aromatic rings. The van der Waals surface area contributed by atoms with Crippen LogP contribution in [-0.4, -0.2) is 6.04 Å². The predicted molar refractivity (Wildman–Crippen MR) is 145 cm³/mol. The van der Waals surface area contributed by atoms with Gasteiger partial charge in [-0.25, -0.2) is 0 Å². The summed E-state index contributed by atoms with van der Waals surface area (Å²) in [4.78, 5) is 2.50. The van der Waals surface area contributed by atoms with Gasteiger partial charge in [0.25, 0.3) is 0 Å². The van der Waals surface area contributed by atoms with E-state index in [0.717, 1.165) is 12.8 Å². The third kappa shape index (κ3) is 3.19. The Morgan fingerprint density at radius 2 is 1.73 bits per heavy atom. The van der Waals surface area contributed by atoms with Gasteiger partial charge in [0.05, 0.1) is 11.7 Å². The second-order valence-electron chi connectivity index (χ2n) is 9.55. The Morgan fingerprint density at radius 3 is 2.55 bits per heavy atom. The van der Waals surface area contributed by atoms with Gasteiger partial charge in [0.1, 0.15) is 0 Å². The lowest BCUT2D eigenvalue weighted by Crippen LogP contribution is -2.26. The maximum Gasteiger partial charge on any atom is 0.0530 e. The van der Waals surface area contributed by atoms with Gasteiger partial charge in [-0.15, -0.1) is 0 Å². The Kier molecular flexibility index (Phi) is 4.96. The van der Waals surface area contributed by atoms with E-state index in [2.05, 4.69) is 120 Å². The van der Waals surface area contributed by atoms with E-state index >= 15 is 0 Å². The molecule has 1 heterocycles. The summed E-state index contributed by atoms with van der Waals surface area (Å²) in [6.45, 7) is 6.87. The van der Waals surface area contributed by atoms with E-state index in [1.165, 1.54) is 59.7 Å². The van der Waals surface area contributed by atoms with Crippen molar-refractivity contribution in [2.45, 2.75) is 45.6 Å². The first-order valence-electron chi connectivity index (χ1n) is 11.9. The predicted octanol–water partition coefficient (Wildman–Crippen LogP) is 7.32. The number of anilines is 2. The molecular weight excluding hydrogens is 466 g/mol. The molecule has 164 valence electrons. The number of hydrogen-bond donors (Lipinski definition) is 0. The van der Waals surface area contributed by atoms with E-state index in [-0.39, 0.29) is 0 Å². The van der Waals surface area contributed by atoms with Crippen molar-refractivity contribution in [1.29, 1.82) is 0 Å². The van der Waals surface area contributed by atoms with Gasteiger partial charge in [0.15, 0.2) is 0 Å². The summed E-state index contributed by atoms with van der Waals surface area (Å²) in [6, 6.07) is 22.4. The lowest BCUT2D eigenvalue weighted by atomic mass is 9.92. The van der Waals surface area contributed by atoms with Crippen LogP contribution in [0.1, 0.15) is 56.2 Å². The van der Waals surface area contributed by atoms with Crippen molar-refractivity contribution in [1.82, 2.24) is 0 Å². The molecule has 0 saturated carbocycles. The zero-order valence-electron chi connectivity index (χ0n) is 19.4. The van der Waals surface area contributed by atoms with Crippen molar-refractivity contribution < 1.29 is 0 Å². The van der Waals surface area contributed by atoms with Gasteiger partial charge < -0.3 is 4.90 Å². The number of halogens is 1. The van der Waals surface area contributed by atoms with Crippen molar-refractivity contribution in [2.24, 2.45) is 0 Å². The van der Waals surface area contributed by atoms with Gasteiger partial charge in [0.2, 0.25) is 0 Å². The maximum atomic E-state index is 4.03. The van der Waals surface area contributed by atoms with Crippen LogP contribution in [0.25, 0.3) is 23.3 Å². The van der Waals surface area contributed by atoms with Crippen LogP contribution in [0.5, 0.6) is 0 Å². The topological polar surface area (TPSA) is 3.24 Å². The van der Waals surface area contributed by atoms with E-state index in [0.29, 0.717) is 12.0 Å². The van der Waals surface area contributed by atoms with Crippen molar-refractivity contribution in [2.75, 3.05) is 4.90 Å². The fourth-order valence-corrected chi connectivity index (χ4v) is 6.74. The van der Waals surface area contributed by atoms with Crippen LogP contribution in [0.15, 0.2) is 76.8 Å². The van der Waals surface area contributed by atoms with Crippen LogP contribution >= 0.6 is 15.9 Å². The molecular formula is C31H28BrN. The SMILES string of the molecule is CC1=Cc2c(Br)c3c(cc2=C1CCC1C=Cc2ccccc21)N(c1ccccc1)C(C)C=3C. The number of fused-ring (bicyclic) bond motifs is 3. The largest absolute Gasteiger partial charge is 0.334 e. The lowest BCUT2D eigenvalue weighted by molar-refractivity contribution is 0.767. The van der Waals surface area contributed by atoms with Gasteiger partial charge in [0, 0.05) is 21.3 Å². The molecule has 2 atom stereocenters. The highest BCUT2D eigenvalue weighted by Crippen LogP contribution is 2.39. The average Bonchev–Trinajstić information content (AvgIpc) is 3.46. The third-order valence-corrected chi connectivity index (χ3v) is 8.58. The van der Waals surface area contributed by atoms with E-state index in [1.54, 1.807) is 0 Å². The summed E-state index contributed by atoms with van der Waals surface area (Å²) in [7, 11) is 0. The second-order valence-corrected chi connectivity index (χ2v) is 10.3. The molecule has 3 aromatic carbocycles. The molecule has 0 spiro atoms. The molecule has 0 aromatic heterocycles. The molecule has 3 aliphatic rings. The smallest absolute Gasteiger partial charge is 0.0530 e. The zero-order valence-corrected chi connectivity index (χ0v) is 21.0. The summed E-state index contributed by atoms with van der Waals surface area (Å²) in [6.07, 6.45) is 9.29. The fourth-order valence-electron chi connectivity index (χ4n) is 5.89. The lowest BCUT2D eigenvalue weighted by Gasteiger charge is -2.27. The minimum atomic E-state index is 0.342. The first kappa shape index (κ1) is 20.7. The summed E-state index contributed by atoms with van der Waals surface area (Å²) < 4.78 is 1.25. The summed E-state index contributed by atoms with van der Waals surface area (Å²) in [5.41, 5.74) is 11.1. The molecule has 6 rings (SSSR count). The maximum absolute atomic E-state index is 4.03. The monoisotopic (exact) mass is 493 g/mol. The van der Waals surface area contributed by atoms with Gasteiger partial charge >= 0.3 is 0 Å². The highest BCUT2D eigenvalue weighted by molar-refractivity contribution is 9.10. The normalized spacial score (nSPS) is 20.2. The molecule has 0 bridgehead atoms. The fraction of sp³-hybridized carbons (Fsp3) is 0.226. The van der Waals surface area contributed by atoms with Crippen molar-refractivity contribution >= 4 is 50.6 Å². The summed E-state index contributed by atoms with van der Waals surface area (Å²) in [5.74, 6) is 0.514. The van der Waals surface area contributed by atoms with Crippen molar-refractivity contribution in [3.05, 3.63) is 104 Å². The van der Waals surface area contributed by atoms with E-state index in [4.69, 9.17) is 0 Å². The minimum absolute atomic E-state index is 0.342. The molecule has 33 heavy (non-hydrogen) atoms. The number of nitrogens with zero attached hydrogens (tertiary/aromatic N) is 1. The number of benzene rings is 3. The molecule has 1 aliphatic heterocycles. The molecule has 0 radical (unpaired) electrons. The van der Waals surface area contributed by atoms with Gasteiger partial charge in [-0.05, 0) is 112 Å². The quantitative estimate of drug-likeness (QED) is 0.367.